The topological polar surface area (TPSA) is 26.3 Å². The molecule has 1 aromatic rings. The molecule has 0 unspecified atom stereocenters. The molecule has 1 rings (SSSR count). The smallest absolute Gasteiger partial charge is 0.200 e. The van der Waals surface area contributed by atoms with Crippen LogP contribution in [0.4, 0.5) is 8.78 Å². The zero-order valence-corrected chi connectivity index (χ0v) is 7.72. The lowest BCUT2D eigenvalue weighted by atomic mass is 10.1. The molecule has 0 fully saturated rings. The van der Waals surface area contributed by atoms with Crippen LogP contribution >= 0.6 is 0 Å². The summed E-state index contributed by atoms with van der Waals surface area (Å²) < 4.78 is 31.2. The zero-order valence-electron chi connectivity index (χ0n) is 7.72. The van der Waals surface area contributed by atoms with E-state index in [9.17, 15) is 13.6 Å². The van der Waals surface area contributed by atoms with E-state index in [4.69, 9.17) is 4.74 Å². The van der Waals surface area contributed by atoms with E-state index in [1.807, 2.05) is 0 Å². The first-order valence-corrected chi connectivity index (χ1v) is 4.24. The summed E-state index contributed by atoms with van der Waals surface area (Å²) in [6, 6.07) is 2.67. The van der Waals surface area contributed by atoms with Crippen molar-refractivity contribution in [1.29, 1.82) is 0 Å². The van der Waals surface area contributed by atoms with Gasteiger partial charge in [-0.15, -0.1) is 0 Å². The number of halogens is 2. The van der Waals surface area contributed by atoms with Crippen molar-refractivity contribution in [3.63, 3.8) is 0 Å². The van der Waals surface area contributed by atoms with Gasteiger partial charge in [-0.05, 0) is 18.6 Å². The van der Waals surface area contributed by atoms with Crippen LogP contribution in [0.25, 0.3) is 0 Å². The fourth-order valence-corrected chi connectivity index (χ4v) is 1.09. The van der Waals surface area contributed by atoms with E-state index >= 15 is 0 Å². The Labute approximate surface area is 80.5 Å². The quantitative estimate of drug-likeness (QED) is 0.696. The molecule has 0 heterocycles. The predicted molar refractivity (Wildman–Crippen MR) is 47.3 cm³/mol. The molecule has 0 saturated heterocycles. The second kappa shape index (κ2) is 4.69. The van der Waals surface area contributed by atoms with Gasteiger partial charge >= 0.3 is 0 Å². The minimum absolute atomic E-state index is 0.0425. The molecule has 0 radical (unpaired) electrons. The highest BCUT2D eigenvalue weighted by atomic mass is 19.2. The second-order valence-corrected chi connectivity index (χ2v) is 2.65. The van der Waals surface area contributed by atoms with E-state index in [2.05, 4.69) is 0 Å². The third-order valence-corrected chi connectivity index (χ3v) is 1.73. The second-order valence-electron chi connectivity index (χ2n) is 2.65. The summed E-state index contributed by atoms with van der Waals surface area (Å²) in [4.78, 5) is 10.1. The van der Waals surface area contributed by atoms with Crippen molar-refractivity contribution in [1.82, 2.24) is 0 Å². The average Bonchev–Trinajstić information content (AvgIpc) is 2.18. The minimum Gasteiger partial charge on any atom is -0.491 e. The first kappa shape index (κ1) is 10.6. The number of hydrogen-bond donors (Lipinski definition) is 0. The highest BCUT2D eigenvalue weighted by Gasteiger charge is 2.13. The van der Waals surface area contributed by atoms with Crippen molar-refractivity contribution in [2.75, 3.05) is 6.61 Å². The lowest BCUT2D eigenvalue weighted by Gasteiger charge is -2.06. The SMILES string of the molecule is CCOc1ccc(CC=O)c(F)c1F. The molecule has 0 spiro atoms. The molecular formula is C10H10F2O2. The van der Waals surface area contributed by atoms with E-state index in [0.29, 0.717) is 6.29 Å². The van der Waals surface area contributed by atoms with Crippen LogP contribution in [-0.4, -0.2) is 12.9 Å². The number of aldehydes is 1. The Bertz CT molecular complexity index is 337. The lowest BCUT2D eigenvalue weighted by Crippen LogP contribution is -2.00. The summed E-state index contributed by atoms with van der Waals surface area (Å²) in [5.41, 5.74) is 0.0425. The molecule has 14 heavy (non-hydrogen) atoms. The number of benzene rings is 1. The van der Waals surface area contributed by atoms with Crippen LogP contribution < -0.4 is 4.74 Å². The average molecular weight is 200 g/mol. The minimum atomic E-state index is -1.04. The van der Waals surface area contributed by atoms with Crippen LogP contribution in [0.2, 0.25) is 0 Å². The zero-order chi connectivity index (χ0) is 10.6. The van der Waals surface area contributed by atoms with Crippen molar-refractivity contribution in [3.05, 3.63) is 29.3 Å². The van der Waals surface area contributed by atoms with Gasteiger partial charge in [-0.2, -0.15) is 4.39 Å². The monoisotopic (exact) mass is 200 g/mol. The van der Waals surface area contributed by atoms with Gasteiger partial charge in [0.15, 0.2) is 11.6 Å². The van der Waals surface area contributed by atoms with Gasteiger partial charge in [0, 0.05) is 6.42 Å². The van der Waals surface area contributed by atoms with E-state index in [0.717, 1.165) is 0 Å². The Morgan fingerprint density at radius 1 is 1.36 bits per heavy atom. The number of ether oxygens (including phenoxy) is 1. The molecule has 0 aliphatic carbocycles. The maximum Gasteiger partial charge on any atom is 0.200 e. The highest BCUT2D eigenvalue weighted by Crippen LogP contribution is 2.22. The maximum atomic E-state index is 13.2. The Morgan fingerprint density at radius 2 is 2.07 bits per heavy atom. The molecule has 0 aliphatic rings. The van der Waals surface area contributed by atoms with Gasteiger partial charge in [-0.1, -0.05) is 6.07 Å². The van der Waals surface area contributed by atoms with Crippen LogP contribution in [-0.2, 0) is 11.2 Å². The van der Waals surface area contributed by atoms with Crippen molar-refractivity contribution >= 4 is 6.29 Å². The summed E-state index contributed by atoms with van der Waals surface area (Å²) in [5, 5.41) is 0. The molecule has 0 aromatic heterocycles. The molecule has 0 atom stereocenters. The van der Waals surface area contributed by atoms with Crippen molar-refractivity contribution in [2.45, 2.75) is 13.3 Å². The molecule has 4 heteroatoms. The van der Waals surface area contributed by atoms with Gasteiger partial charge < -0.3 is 9.53 Å². The molecule has 0 amide bonds. The molecule has 2 nitrogen and oxygen atoms in total. The molecule has 0 N–H and O–H groups in total. The summed E-state index contributed by atoms with van der Waals surface area (Å²) in [5.74, 6) is -2.17. The van der Waals surface area contributed by atoms with E-state index in [1.54, 1.807) is 6.92 Å². The predicted octanol–water partition coefficient (Wildman–Crippen LogP) is 2.10. The highest BCUT2D eigenvalue weighted by molar-refractivity contribution is 5.55. The van der Waals surface area contributed by atoms with E-state index in [-0.39, 0.29) is 24.3 Å². The molecule has 76 valence electrons. The van der Waals surface area contributed by atoms with Gasteiger partial charge in [0.05, 0.1) is 6.61 Å². The van der Waals surface area contributed by atoms with Crippen LogP contribution in [0.1, 0.15) is 12.5 Å². The molecular weight excluding hydrogens is 190 g/mol. The summed E-state index contributed by atoms with van der Waals surface area (Å²) in [6.07, 6.45) is 0.396. The molecule has 0 bridgehead atoms. The number of carbonyl (C=O) groups excluding carboxylic acids is 1. The first-order valence-electron chi connectivity index (χ1n) is 4.24. The molecule has 0 saturated carbocycles. The van der Waals surface area contributed by atoms with Gasteiger partial charge in [0.25, 0.3) is 0 Å². The fourth-order valence-electron chi connectivity index (χ4n) is 1.09. The van der Waals surface area contributed by atoms with Gasteiger partial charge in [0.2, 0.25) is 5.82 Å². The third kappa shape index (κ3) is 2.07. The van der Waals surface area contributed by atoms with E-state index in [1.165, 1.54) is 12.1 Å². The summed E-state index contributed by atoms with van der Waals surface area (Å²) in [7, 11) is 0. The number of rotatable bonds is 4. The van der Waals surface area contributed by atoms with Crippen LogP contribution in [0, 0.1) is 11.6 Å². The normalized spacial score (nSPS) is 9.93. The Morgan fingerprint density at radius 3 is 2.64 bits per heavy atom. The van der Waals surface area contributed by atoms with E-state index < -0.39 is 11.6 Å². The van der Waals surface area contributed by atoms with Gasteiger partial charge in [-0.25, -0.2) is 4.39 Å². The third-order valence-electron chi connectivity index (χ3n) is 1.73. The standard InChI is InChI=1S/C10H10F2O2/c1-2-14-8-4-3-7(5-6-13)9(11)10(8)12/h3-4,6H,2,5H2,1H3. The van der Waals surface area contributed by atoms with Gasteiger partial charge in [-0.3, -0.25) is 0 Å². The first-order chi connectivity index (χ1) is 6.70. The van der Waals surface area contributed by atoms with Crippen LogP contribution in [0.3, 0.4) is 0 Å². The Hall–Kier alpha value is -1.45. The number of hydrogen-bond acceptors (Lipinski definition) is 2. The lowest BCUT2D eigenvalue weighted by molar-refractivity contribution is -0.107. The Balaban J connectivity index is 3.05. The van der Waals surface area contributed by atoms with Crippen molar-refractivity contribution in [3.8, 4) is 5.75 Å². The summed E-state index contributed by atoms with van der Waals surface area (Å²) >= 11 is 0. The molecule has 0 aliphatic heterocycles. The van der Waals surface area contributed by atoms with Crippen molar-refractivity contribution < 1.29 is 18.3 Å². The van der Waals surface area contributed by atoms with Crippen LogP contribution in [0.15, 0.2) is 12.1 Å². The van der Waals surface area contributed by atoms with Gasteiger partial charge in [0.1, 0.15) is 6.29 Å². The summed E-state index contributed by atoms with van der Waals surface area (Å²) in [6.45, 7) is 1.94. The number of carbonyl (C=O) groups is 1. The Kier molecular flexibility index (Phi) is 3.56. The molecule has 1 aromatic carbocycles. The van der Waals surface area contributed by atoms with Crippen LogP contribution in [0.5, 0.6) is 5.75 Å². The van der Waals surface area contributed by atoms with Crippen molar-refractivity contribution in [2.24, 2.45) is 0 Å². The largest absolute Gasteiger partial charge is 0.491 e. The maximum absolute atomic E-state index is 13.2. The fraction of sp³-hybridized carbons (Fsp3) is 0.300.